The number of fused-ring (bicyclic) bond motifs is 1. The molecule has 0 saturated carbocycles. The summed E-state index contributed by atoms with van der Waals surface area (Å²) in [6, 6.07) is 13.3. The Kier molecular flexibility index (Phi) is 7.62. The molecule has 1 aromatic carbocycles. The molecule has 1 unspecified atom stereocenters. The second-order valence-corrected chi connectivity index (χ2v) is 7.20. The fraction of sp³-hybridized carbons (Fsp3) is 0.409. The van der Waals surface area contributed by atoms with Crippen molar-refractivity contribution >= 4 is 11.6 Å². The van der Waals surface area contributed by atoms with Gasteiger partial charge in [-0.25, -0.2) is 0 Å². The van der Waals surface area contributed by atoms with Crippen molar-refractivity contribution in [1.82, 2.24) is 25.2 Å². The number of hydrogen-bond acceptors (Lipinski definition) is 5. The summed E-state index contributed by atoms with van der Waals surface area (Å²) in [4.78, 5) is 4.52. The lowest BCUT2D eigenvalue weighted by molar-refractivity contribution is 0.185. The summed E-state index contributed by atoms with van der Waals surface area (Å²) in [7, 11) is 0. The molecule has 0 bridgehead atoms. The van der Waals surface area contributed by atoms with Crippen molar-refractivity contribution in [2.24, 2.45) is 4.99 Å². The molecule has 3 N–H and O–H groups in total. The molecule has 3 aromatic rings. The smallest absolute Gasteiger partial charge is 0.191 e. The van der Waals surface area contributed by atoms with Crippen LogP contribution in [0.5, 0.6) is 5.75 Å². The number of rotatable bonds is 9. The lowest BCUT2D eigenvalue weighted by Gasteiger charge is -2.15. The SMILES string of the molecule is CCNC(=NCC(O)c1cccc(OC(C)C)c1)NCCc1nnc2ccccn12. The lowest BCUT2D eigenvalue weighted by Crippen LogP contribution is -2.38. The van der Waals surface area contributed by atoms with Crippen LogP contribution in [0, 0.1) is 0 Å². The summed E-state index contributed by atoms with van der Waals surface area (Å²) >= 11 is 0. The van der Waals surface area contributed by atoms with Crippen molar-refractivity contribution in [3.8, 4) is 5.75 Å². The van der Waals surface area contributed by atoms with E-state index in [2.05, 4.69) is 25.8 Å². The first-order valence-electron chi connectivity index (χ1n) is 10.3. The summed E-state index contributed by atoms with van der Waals surface area (Å²) < 4.78 is 7.68. The number of benzene rings is 1. The van der Waals surface area contributed by atoms with Crippen LogP contribution in [0.25, 0.3) is 5.65 Å². The first-order valence-corrected chi connectivity index (χ1v) is 10.3. The third-order valence-corrected chi connectivity index (χ3v) is 4.41. The number of pyridine rings is 1. The highest BCUT2D eigenvalue weighted by Gasteiger charge is 2.10. The predicted molar refractivity (Wildman–Crippen MR) is 118 cm³/mol. The lowest BCUT2D eigenvalue weighted by atomic mass is 10.1. The number of aliphatic hydroxyl groups excluding tert-OH is 1. The van der Waals surface area contributed by atoms with Gasteiger partial charge in [0.1, 0.15) is 11.6 Å². The van der Waals surface area contributed by atoms with Gasteiger partial charge >= 0.3 is 0 Å². The van der Waals surface area contributed by atoms with Gasteiger partial charge in [-0.2, -0.15) is 0 Å². The van der Waals surface area contributed by atoms with Gasteiger partial charge in [-0.1, -0.05) is 18.2 Å². The number of nitrogens with zero attached hydrogens (tertiary/aromatic N) is 4. The highest BCUT2D eigenvalue weighted by Crippen LogP contribution is 2.20. The number of aliphatic hydroxyl groups is 1. The fourth-order valence-corrected chi connectivity index (χ4v) is 3.05. The topological polar surface area (TPSA) is 96.1 Å². The van der Waals surface area contributed by atoms with Crippen LogP contribution in [-0.2, 0) is 6.42 Å². The second-order valence-electron chi connectivity index (χ2n) is 7.20. The number of nitrogens with one attached hydrogen (secondary N) is 2. The third-order valence-electron chi connectivity index (χ3n) is 4.41. The number of guanidine groups is 1. The van der Waals surface area contributed by atoms with Crippen molar-refractivity contribution in [2.45, 2.75) is 39.4 Å². The van der Waals surface area contributed by atoms with E-state index < -0.39 is 6.10 Å². The summed E-state index contributed by atoms with van der Waals surface area (Å²) in [6.07, 6.45) is 2.03. The van der Waals surface area contributed by atoms with Gasteiger partial charge < -0.3 is 20.5 Å². The predicted octanol–water partition coefficient (Wildman–Crippen LogP) is 2.35. The van der Waals surface area contributed by atoms with Crippen molar-refractivity contribution < 1.29 is 9.84 Å². The van der Waals surface area contributed by atoms with E-state index in [0.717, 1.165) is 29.3 Å². The third kappa shape index (κ3) is 5.93. The van der Waals surface area contributed by atoms with Gasteiger partial charge in [-0.05, 0) is 50.6 Å². The van der Waals surface area contributed by atoms with Crippen molar-refractivity contribution in [2.75, 3.05) is 19.6 Å². The highest BCUT2D eigenvalue weighted by atomic mass is 16.5. The molecule has 30 heavy (non-hydrogen) atoms. The first-order chi connectivity index (χ1) is 14.6. The van der Waals surface area contributed by atoms with E-state index in [1.165, 1.54) is 0 Å². The molecule has 0 fully saturated rings. The normalized spacial score (nSPS) is 12.9. The highest BCUT2D eigenvalue weighted by molar-refractivity contribution is 5.79. The van der Waals surface area contributed by atoms with E-state index in [1.54, 1.807) is 0 Å². The molecule has 160 valence electrons. The zero-order valence-electron chi connectivity index (χ0n) is 17.7. The molecule has 0 saturated heterocycles. The van der Waals surface area contributed by atoms with E-state index in [-0.39, 0.29) is 12.6 Å². The van der Waals surface area contributed by atoms with Crippen LogP contribution in [-0.4, -0.2) is 51.4 Å². The Hall–Kier alpha value is -3.13. The Labute approximate surface area is 177 Å². The van der Waals surface area contributed by atoms with Crippen LogP contribution >= 0.6 is 0 Å². The Morgan fingerprint density at radius 1 is 1.17 bits per heavy atom. The minimum absolute atomic E-state index is 0.0855. The molecule has 8 heteroatoms. The maximum absolute atomic E-state index is 10.6. The molecule has 0 aliphatic carbocycles. The average molecular weight is 411 g/mol. The zero-order valence-corrected chi connectivity index (χ0v) is 17.7. The van der Waals surface area contributed by atoms with Gasteiger partial charge in [0.2, 0.25) is 0 Å². The summed E-state index contributed by atoms with van der Waals surface area (Å²) in [5, 5.41) is 25.5. The van der Waals surface area contributed by atoms with E-state index in [1.807, 2.05) is 73.8 Å². The van der Waals surface area contributed by atoms with E-state index in [9.17, 15) is 5.11 Å². The van der Waals surface area contributed by atoms with Crippen LogP contribution in [0.4, 0.5) is 0 Å². The van der Waals surface area contributed by atoms with Crippen LogP contribution in [0.2, 0.25) is 0 Å². The number of ether oxygens (including phenoxy) is 1. The van der Waals surface area contributed by atoms with Crippen molar-refractivity contribution in [3.05, 3.63) is 60.0 Å². The molecule has 2 heterocycles. The van der Waals surface area contributed by atoms with Gasteiger partial charge in [0.25, 0.3) is 0 Å². The second kappa shape index (κ2) is 10.6. The average Bonchev–Trinajstić information content (AvgIpc) is 3.14. The molecular weight excluding hydrogens is 380 g/mol. The van der Waals surface area contributed by atoms with Crippen LogP contribution in [0.15, 0.2) is 53.7 Å². The monoisotopic (exact) mass is 410 g/mol. The van der Waals surface area contributed by atoms with Gasteiger partial charge in [-0.15, -0.1) is 10.2 Å². The summed E-state index contributed by atoms with van der Waals surface area (Å²) in [5.41, 5.74) is 1.61. The zero-order chi connectivity index (χ0) is 21.3. The molecular formula is C22H30N6O2. The number of aliphatic imine (C=N–C) groups is 1. The molecule has 1 atom stereocenters. The van der Waals surface area contributed by atoms with Crippen LogP contribution in [0.1, 0.15) is 38.3 Å². The molecule has 8 nitrogen and oxygen atoms in total. The Morgan fingerprint density at radius 2 is 2.03 bits per heavy atom. The maximum atomic E-state index is 10.6. The first kappa shape index (κ1) is 21.6. The molecule has 0 spiro atoms. The van der Waals surface area contributed by atoms with Gasteiger partial charge in [0.05, 0.1) is 18.8 Å². The van der Waals surface area contributed by atoms with Gasteiger partial charge in [0, 0.05) is 25.7 Å². The Morgan fingerprint density at radius 3 is 2.83 bits per heavy atom. The molecule has 0 radical (unpaired) electrons. The summed E-state index contributed by atoms with van der Waals surface area (Å²) in [5.74, 6) is 2.28. The molecule has 2 aromatic heterocycles. The maximum Gasteiger partial charge on any atom is 0.191 e. The van der Waals surface area contributed by atoms with Crippen LogP contribution < -0.4 is 15.4 Å². The van der Waals surface area contributed by atoms with E-state index >= 15 is 0 Å². The van der Waals surface area contributed by atoms with Crippen molar-refractivity contribution in [1.29, 1.82) is 0 Å². The number of aromatic nitrogens is 3. The molecule has 0 aliphatic heterocycles. The minimum Gasteiger partial charge on any atom is -0.491 e. The largest absolute Gasteiger partial charge is 0.491 e. The van der Waals surface area contributed by atoms with Crippen LogP contribution in [0.3, 0.4) is 0 Å². The molecule has 0 amide bonds. The fourth-order valence-electron chi connectivity index (χ4n) is 3.05. The molecule has 0 aliphatic rings. The molecule has 3 rings (SSSR count). The quantitative estimate of drug-likeness (QED) is 0.370. The standard InChI is InChI=1S/C22H30N6O2/c1-4-23-22(24-12-11-21-27-26-20-10-5-6-13-28(20)21)25-15-19(29)17-8-7-9-18(14-17)30-16(2)3/h5-10,13-14,16,19,29H,4,11-12,15H2,1-3H3,(H2,23,24,25). The van der Waals surface area contributed by atoms with Crippen molar-refractivity contribution in [3.63, 3.8) is 0 Å². The van der Waals surface area contributed by atoms with Gasteiger partial charge in [-0.3, -0.25) is 9.39 Å². The minimum atomic E-state index is -0.711. The summed E-state index contributed by atoms with van der Waals surface area (Å²) in [6.45, 7) is 7.58. The Balaban J connectivity index is 1.57. The van der Waals surface area contributed by atoms with E-state index in [0.29, 0.717) is 18.9 Å². The number of hydrogen-bond donors (Lipinski definition) is 3. The van der Waals surface area contributed by atoms with Gasteiger partial charge in [0.15, 0.2) is 11.6 Å². The van der Waals surface area contributed by atoms with E-state index in [4.69, 9.17) is 4.74 Å². The Bertz CT molecular complexity index is 969.